The number of benzene rings is 1. The van der Waals surface area contributed by atoms with Gasteiger partial charge in [0.25, 0.3) is 0 Å². The molecule has 3 atom stereocenters. The lowest BCUT2D eigenvalue weighted by Gasteiger charge is -2.33. The average Bonchev–Trinajstić information content (AvgIpc) is 2.50. The summed E-state index contributed by atoms with van der Waals surface area (Å²) in [5, 5.41) is 6.63. The molecule has 0 radical (unpaired) electrons. The van der Waals surface area contributed by atoms with E-state index in [1.165, 1.54) is 0 Å². The summed E-state index contributed by atoms with van der Waals surface area (Å²) in [6.07, 6.45) is 1.00. The molecule has 0 aromatic heterocycles. The smallest absolute Gasteiger partial charge is 0.242 e. The number of piperidine rings is 1. The van der Waals surface area contributed by atoms with Crippen molar-refractivity contribution in [3.8, 4) is 0 Å². The van der Waals surface area contributed by atoms with Crippen LogP contribution in [0.3, 0.4) is 0 Å². The van der Waals surface area contributed by atoms with Crippen molar-refractivity contribution < 1.29 is 4.79 Å². The van der Waals surface area contributed by atoms with Crippen molar-refractivity contribution in [1.29, 1.82) is 0 Å². The van der Waals surface area contributed by atoms with Crippen LogP contribution < -0.4 is 10.6 Å². The molecule has 2 N–H and O–H groups in total. The third-order valence-electron chi connectivity index (χ3n) is 4.42. The second-order valence-corrected chi connectivity index (χ2v) is 5.97. The van der Waals surface area contributed by atoms with Crippen LogP contribution in [0.1, 0.15) is 31.9 Å². The van der Waals surface area contributed by atoms with Crippen LogP contribution in [0.5, 0.6) is 0 Å². The van der Waals surface area contributed by atoms with Crippen molar-refractivity contribution >= 4 is 5.91 Å². The van der Waals surface area contributed by atoms with Crippen molar-refractivity contribution in [2.24, 2.45) is 5.92 Å². The number of nitrogens with zero attached hydrogens (tertiary/aromatic N) is 1. The van der Waals surface area contributed by atoms with Crippen molar-refractivity contribution in [2.45, 2.75) is 32.4 Å². The summed E-state index contributed by atoms with van der Waals surface area (Å²) < 4.78 is 0. The first-order valence-corrected chi connectivity index (χ1v) is 7.89. The molecule has 3 unspecified atom stereocenters. The lowest BCUT2D eigenvalue weighted by molar-refractivity contribution is -0.127. The standard InChI is InChI=1S/C17H27N3O/c1-4-20(3)16(14-8-6-5-7-9-14)17(21)19-15-10-11-18-12-13(15)2/h5-9,13,15-16,18H,4,10-12H2,1-3H3,(H,19,21). The molecule has 4 nitrogen and oxygen atoms in total. The second-order valence-electron chi connectivity index (χ2n) is 5.97. The van der Waals surface area contributed by atoms with Crippen LogP contribution in [0.25, 0.3) is 0 Å². The molecule has 0 bridgehead atoms. The maximum atomic E-state index is 12.8. The van der Waals surface area contributed by atoms with E-state index in [0.29, 0.717) is 5.92 Å². The van der Waals surface area contributed by atoms with Crippen LogP contribution in [-0.4, -0.2) is 43.5 Å². The highest BCUT2D eigenvalue weighted by molar-refractivity contribution is 5.83. The molecule has 1 aromatic carbocycles. The van der Waals surface area contributed by atoms with Gasteiger partial charge in [-0.15, -0.1) is 0 Å². The molecule has 0 aliphatic carbocycles. The lowest BCUT2D eigenvalue weighted by atomic mass is 9.94. The Hall–Kier alpha value is -1.39. The highest BCUT2D eigenvalue weighted by Gasteiger charge is 2.29. The van der Waals surface area contributed by atoms with E-state index in [2.05, 4.69) is 29.4 Å². The Morgan fingerprint density at radius 2 is 2.14 bits per heavy atom. The fourth-order valence-corrected chi connectivity index (χ4v) is 2.91. The Morgan fingerprint density at radius 1 is 1.43 bits per heavy atom. The zero-order valence-electron chi connectivity index (χ0n) is 13.3. The second kappa shape index (κ2) is 7.57. The van der Waals surface area contributed by atoms with E-state index in [0.717, 1.165) is 31.6 Å². The largest absolute Gasteiger partial charge is 0.351 e. The average molecular weight is 289 g/mol. The molecular weight excluding hydrogens is 262 g/mol. The van der Waals surface area contributed by atoms with Crippen LogP contribution in [0.4, 0.5) is 0 Å². The summed E-state index contributed by atoms with van der Waals surface area (Å²) in [7, 11) is 2.00. The summed E-state index contributed by atoms with van der Waals surface area (Å²) in [6.45, 7) is 7.07. The van der Waals surface area contributed by atoms with Gasteiger partial charge in [-0.2, -0.15) is 0 Å². The van der Waals surface area contributed by atoms with Gasteiger partial charge in [-0.3, -0.25) is 9.69 Å². The number of carbonyl (C=O) groups is 1. The number of likely N-dealkylation sites (N-methyl/N-ethyl adjacent to an activating group) is 1. The molecule has 0 spiro atoms. The van der Waals surface area contributed by atoms with Crippen LogP contribution in [0.15, 0.2) is 30.3 Å². The quantitative estimate of drug-likeness (QED) is 0.868. The maximum absolute atomic E-state index is 12.8. The lowest BCUT2D eigenvalue weighted by Crippen LogP contribution is -2.51. The first-order valence-electron chi connectivity index (χ1n) is 7.89. The van der Waals surface area contributed by atoms with E-state index >= 15 is 0 Å². The normalized spacial score (nSPS) is 23.8. The molecule has 0 saturated carbocycles. The molecule has 1 aliphatic heterocycles. The van der Waals surface area contributed by atoms with E-state index < -0.39 is 0 Å². The fraction of sp³-hybridized carbons (Fsp3) is 0.588. The Kier molecular flexibility index (Phi) is 5.76. The minimum absolute atomic E-state index is 0.115. The summed E-state index contributed by atoms with van der Waals surface area (Å²) in [5.74, 6) is 0.593. The van der Waals surface area contributed by atoms with Crippen LogP contribution in [0, 0.1) is 5.92 Å². The summed E-state index contributed by atoms with van der Waals surface area (Å²) >= 11 is 0. The molecule has 1 saturated heterocycles. The fourth-order valence-electron chi connectivity index (χ4n) is 2.91. The van der Waals surface area contributed by atoms with Crippen molar-refractivity contribution in [1.82, 2.24) is 15.5 Å². The van der Waals surface area contributed by atoms with Gasteiger partial charge >= 0.3 is 0 Å². The first kappa shape index (κ1) is 16.0. The summed E-state index contributed by atoms with van der Waals surface area (Å²) in [6, 6.07) is 10.1. The van der Waals surface area contributed by atoms with Crippen molar-refractivity contribution in [2.75, 3.05) is 26.7 Å². The highest BCUT2D eigenvalue weighted by Crippen LogP contribution is 2.20. The number of hydrogen-bond acceptors (Lipinski definition) is 3. The van der Waals surface area contributed by atoms with Gasteiger partial charge in [0, 0.05) is 6.04 Å². The molecule has 2 rings (SSSR count). The Balaban J connectivity index is 2.11. The molecule has 1 fully saturated rings. The van der Waals surface area contributed by atoms with E-state index in [4.69, 9.17) is 0 Å². The summed E-state index contributed by atoms with van der Waals surface area (Å²) in [4.78, 5) is 14.9. The zero-order valence-corrected chi connectivity index (χ0v) is 13.3. The van der Waals surface area contributed by atoms with Gasteiger partial charge in [0.1, 0.15) is 6.04 Å². The number of hydrogen-bond donors (Lipinski definition) is 2. The first-order chi connectivity index (χ1) is 10.1. The molecule has 116 valence electrons. The van der Waals surface area contributed by atoms with Gasteiger partial charge < -0.3 is 10.6 Å². The summed E-state index contributed by atoms with van der Waals surface area (Å²) in [5.41, 5.74) is 1.06. The molecule has 4 heteroatoms. The number of nitrogens with one attached hydrogen (secondary N) is 2. The zero-order chi connectivity index (χ0) is 15.2. The molecular formula is C17H27N3O. The van der Waals surface area contributed by atoms with E-state index in [-0.39, 0.29) is 18.0 Å². The van der Waals surface area contributed by atoms with E-state index in [1.54, 1.807) is 0 Å². The third-order valence-corrected chi connectivity index (χ3v) is 4.42. The van der Waals surface area contributed by atoms with Crippen LogP contribution >= 0.6 is 0 Å². The molecule has 1 amide bonds. The topological polar surface area (TPSA) is 44.4 Å². The number of carbonyl (C=O) groups excluding carboxylic acids is 1. The van der Waals surface area contributed by atoms with Gasteiger partial charge in [-0.05, 0) is 44.6 Å². The van der Waals surface area contributed by atoms with E-state index in [1.807, 2.05) is 37.4 Å². The van der Waals surface area contributed by atoms with Crippen LogP contribution in [0.2, 0.25) is 0 Å². The predicted octanol–water partition coefficient (Wildman–Crippen LogP) is 1.79. The minimum atomic E-state index is -0.210. The minimum Gasteiger partial charge on any atom is -0.351 e. The van der Waals surface area contributed by atoms with Gasteiger partial charge in [0.2, 0.25) is 5.91 Å². The van der Waals surface area contributed by atoms with Crippen LogP contribution in [-0.2, 0) is 4.79 Å². The Morgan fingerprint density at radius 3 is 2.76 bits per heavy atom. The predicted molar refractivity (Wildman–Crippen MR) is 86.1 cm³/mol. The molecule has 1 aliphatic rings. The van der Waals surface area contributed by atoms with Gasteiger partial charge in [-0.1, -0.05) is 44.2 Å². The van der Waals surface area contributed by atoms with E-state index in [9.17, 15) is 4.79 Å². The van der Waals surface area contributed by atoms with Gasteiger partial charge in [0.05, 0.1) is 0 Å². The monoisotopic (exact) mass is 289 g/mol. The van der Waals surface area contributed by atoms with Crippen molar-refractivity contribution in [3.63, 3.8) is 0 Å². The number of rotatable bonds is 5. The number of amides is 1. The van der Waals surface area contributed by atoms with Gasteiger partial charge in [-0.25, -0.2) is 0 Å². The maximum Gasteiger partial charge on any atom is 0.242 e. The Labute approximate surface area is 127 Å². The Bertz CT molecular complexity index is 449. The molecule has 21 heavy (non-hydrogen) atoms. The van der Waals surface area contributed by atoms with Gasteiger partial charge in [0.15, 0.2) is 0 Å². The van der Waals surface area contributed by atoms with Crippen molar-refractivity contribution in [3.05, 3.63) is 35.9 Å². The third kappa shape index (κ3) is 4.05. The SMILES string of the molecule is CCN(C)C(C(=O)NC1CCNCC1C)c1ccccc1. The molecule has 1 aromatic rings. The highest BCUT2D eigenvalue weighted by atomic mass is 16.2. The molecule has 1 heterocycles.